The number of carbonyl (C=O) groups is 1. The van der Waals surface area contributed by atoms with E-state index in [1.54, 1.807) is 13.8 Å². The molecule has 4 nitrogen and oxygen atoms in total. The number of carbonyl (C=O) groups excluding carboxylic acids is 1. The maximum absolute atomic E-state index is 11.3. The van der Waals surface area contributed by atoms with Crippen molar-refractivity contribution in [1.29, 1.82) is 0 Å². The van der Waals surface area contributed by atoms with Gasteiger partial charge in [-0.3, -0.25) is 9.00 Å². The van der Waals surface area contributed by atoms with Crippen LogP contribution in [0.25, 0.3) is 0 Å². The average molecular weight is 192 g/mol. The molecule has 0 aromatic heterocycles. The summed E-state index contributed by atoms with van der Waals surface area (Å²) >= 11 is 0. The van der Waals surface area contributed by atoms with Gasteiger partial charge in [0.25, 0.3) is 0 Å². The van der Waals surface area contributed by atoms with E-state index in [2.05, 4.69) is 5.32 Å². The first-order valence-electron chi connectivity index (χ1n) is 3.83. The number of amides is 1. The van der Waals surface area contributed by atoms with Crippen LogP contribution < -0.4 is 11.1 Å². The zero-order valence-corrected chi connectivity index (χ0v) is 8.48. The molecule has 72 valence electrons. The number of hydrogen-bond acceptors (Lipinski definition) is 3. The third-order valence-electron chi connectivity index (χ3n) is 1.44. The second-order valence-corrected chi connectivity index (χ2v) is 4.58. The van der Waals surface area contributed by atoms with Gasteiger partial charge in [-0.05, 0) is 13.8 Å². The molecular formula is C7H16N2O2S. The Balaban J connectivity index is 4.01. The number of hydrogen-bond donors (Lipinski definition) is 2. The Labute approximate surface area is 75.4 Å². The summed E-state index contributed by atoms with van der Waals surface area (Å²) in [7, 11) is 0.368. The number of nitrogens with two attached hydrogens (primary N) is 1. The van der Waals surface area contributed by atoms with Crippen LogP contribution in [0.2, 0.25) is 0 Å². The lowest BCUT2D eigenvalue weighted by molar-refractivity contribution is -0.119. The van der Waals surface area contributed by atoms with Crippen molar-refractivity contribution < 1.29 is 9.00 Å². The van der Waals surface area contributed by atoms with Crippen molar-refractivity contribution in [1.82, 2.24) is 5.32 Å². The van der Waals surface area contributed by atoms with Gasteiger partial charge in [-0.25, -0.2) is 0 Å². The van der Waals surface area contributed by atoms with Gasteiger partial charge in [0.15, 0.2) is 0 Å². The maximum Gasteiger partial charge on any atom is 0.235 e. The maximum atomic E-state index is 11.3. The standard InChI is InChI=1S/C7H16N2O2S/c1-5(8)4-12(11)6(2)7(10)9-3/h5-6H,4,8H2,1-3H3,(H,9,10). The Morgan fingerprint density at radius 2 is 2.08 bits per heavy atom. The first-order chi connectivity index (χ1) is 5.49. The van der Waals surface area contributed by atoms with Gasteiger partial charge in [-0.1, -0.05) is 0 Å². The topological polar surface area (TPSA) is 72.2 Å². The molecule has 0 spiro atoms. The summed E-state index contributed by atoms with van der Waals surface area (Å²) in [6.07, 6.45) is 0. The molecule has 3 unspecified atom stereocenters. The van der Waals surface area contributed by atoms with Gasteiger partial charge in [-0.15, -0.1) is 0 Å². The molecule has 1 amide bonds. The molecule has 0 saturated heterocycles. The molecule has 0 fully saturated rings. The van der Waals surface area contributed by atoms with Gasteiger partial charge in [0.2, 0.25) is 5.91 Å². The van der Waals surface area contributed by atoms with E-state index in [1.807, 2.05) is 0 Å². The first kappa shape index (κ1) is 11.6. The highest BCUT2D eigenvalue weighted by molar-refractivity contribution is 7.86. The summed E-state index contributed by atoms with van der Waals surface area (Å²) in [6.45, 7) is 3.41. The molecule has 3 atom stereocenters. The van der Waals surface area contributed by atoms with Crippen molar-refractivity contribution in [2.75, 3.05) is 12.8 Å². The summed E-state index contributed by atoms with van der Waals surface area (Å²) in [4.78, 5) is 11.0. The predicted octanol–water partition coefficient (Wildman–Crippen LogP) is -0.783. The normalized spacial score (nSPS) is 18.0. The quantitative estimate of drug-likeness (QED) is 0.613. The van der Waals surface area contributed by atoms with Crippen LogP contribution in [0.4, 0.5) is 0 Å². The summed E-state index contributed by atoms with van der Waals surface area (Å²) < 4.78 is 11.3. The molecular weight excluding hydrogens is 176 g/mol. The molecule has 5 heteroatoms. The minimum Gasteiger partial charge on any atom is -0.358 e. The van der Waals surface area contributed by atoms with Crippen molar-refractivity contribution in [3.05, 3.63) is 0 Å². The lowest BCUT2D eigenvalue weighted by Gasteiger charge is -2.11. The molecule has 0 bridgehead atoms. The third-order valence-corrected chi connectivity index (χ3v) is 3.29. The Morgan fingerprint density at radius 1 is 1.58 bits per heavy atom. The van der Waals surface area contributed by atoms with E-state index in [-0.39, 0.29) is 11.9 Å². The van der Waals surface area contributed by atoms with E-state index in [0.29, 0.717) is 5.75 Å². The highest BCUT2D eigenvalue weighted by Gasteiger charge is 2.18. The highest BCUT2D eigenvalue weighted by atomic mass is 32.2. The van der Waals surface area contributed by atoms with Gasteiger partial charge >= 0.3 is 0 Å². The zero-order valence-electron chi connectivity index (χ0n) is 7.66. The first-order valence-corrected chi connectivity index (χ1v) is 5.21. The fraction of sp³-hybridized carbons (Fsp3) is 0.857. The van der Waals surface area contributed by atoms with Crippen LogP contribution in [0, 0.1) is 0 Å². The molecule has 0 aromatic rings. The van der Waals surface area contributed by atoms with E-state index < -0.39 is 16.0 Å². The molecule has 12 heavy (non-hydrogen) atoms. The molecule has 0 aromatic carbocycles. The molecule has 0 aliphatic carbocycles. The van der Waals surface area contributed by atoms with E-state index >= 15 is 0 Å². The van der Waals surface area contributed by atoms with Gasteiger partial charge in [0.05, 0.1) is 0 Å². The van der Waals surface area contributed by atoms with E-state index in [1.165, 1.54) is 7.05 Å². The highest BCUT2D eigenvalue weighted by Crippen LogP contribution is 1.97. The van der Waals surface area contributed by atoms with Crippen LogP contribution in [0.5, 0.6) is 0 Å². The van der Waals surface area contributed by atoms with Gasteiger partial charge in [0, 0.05) is 29.6 Å². The molecule has 3 N–H and O–H groups in total. The fourth-order valence-corrected chi connectivity index (χ4v) is 1.89. The van der Waals surface area contributed by atoms with Crippen molar-refractivity contribution in [2.24, 2.45) is 5.73 Å². The minimum atomic E-state index is -1.16. The monoisotopic (exact) mass is 192 g/mol. The smallest absolute Gasteiger partial charge is 0.235 e. The second-order valence-electron chi connectivity index (χ2n) is 2.78. The summed E-state index contributed by atoms with van der Waals surface area (Å²) in [5, 5.41) is 1.97. The summed E-state index contributed by atoms with van der Waals surface area (Å²) in [6, 6.07) is -0.127. The molecule has 0 heterocycles. The van der Waals surface area contributed by atoms with Gasteiger partial charge in [0.1, 0.15) is 5.25 Å². The number of nitrogens with one attached hydrogen (secondary N) is 1. The lowest BCUT2D eigenvalue weighted by Crippen LogP contribution is -2.36. The van der Waals surface area contributed by atoms with Crippen molar-refractivity contribution in [2.45, 2.75) is 25.1 Å². The fourth-order valence-electron chi connectivity index (χ4n) is 0.726. The predicted molar refractivity (Wildman–Crippen MR) is 50.2 cm³/mol. The Bertz CT molecular complexity index is 182. The molecule has 0 saturated carbocycles. The zero-order chi connectivity index (χ0) is 9.72. The van der Waals surface area contributed by atoms with Crippen molar-refractivity contribution in [3.8, 4) is 0 Å². The van der Waals surface area contributed by atoms with Crippen molar-refractivity contribution >= 4 is 16.7 Å². The number of rotatable bonds is 4. The van der Waals surface area contributed by atoms with E-state index in [9.17, 15) is 9.00 Å². The second kappa shape index (κ2) is 5.27. The van der Waals surface area contributed by atoms with Crippen LogP contribution in [-0.2, 0) is 15.6 Å². The lowest BCUT2D eigenvalue weighted by atomic mass is 10.4. The Hall–Kier alpha value is -0.420. The minimum absolute atomic E-state index is 0.127. The van der Waals surface area contributed by atoms with Crippen LogP contribution in [0.1, 0.15) is 13.8 Å². The third kappa shape index (κ3) is 3.82. The average Bonchev–Trinajstić information content (AvgIpc) is 2.00. The molecule has 0 aliphatic heterocycles. The van der Waals surface area contributed by atoms with Crippen LogP contribution >= 0.6 is 0 Å². The van der Waals surface area contributed by atoms with Gasteiger partial charge in [-0.2, -0.15) is 0 Å². The largest absolute Gasteiger partial charge is 0.358 e. The summed E-state index contributed by atoms with van der Waals surface area (Å²) in [5.41, 5.74) is 5.45. The summed E-state index contributed by atoms with van der Waals surface area (Å²) in [5.74, 6) is 0.170. The van der Waals surface area contributed by atoms with Crippen LogP contribution in [0.15, 0.2) is 0 Å². The molecule has 0 rings (SSSR count). The van der Waals surface area contributed by atoms with E-state index in [0.717, 1.165) is 0 Å². The van der Waals surface area contributed by atoms with Crippen molar-refractivity contribution in [3.63, 3.8) is 0 Å². The van der Waals surface area contributed by atoms with Gasteiger partial charge < -0.3 is 11.1 Å². The molecule has 0 aliphatic rings. The van der Waals surface area contributed by atoms with Crippen LogP contribution in [0.3, 0.4) is 0 Å². The Kier molecular flexibility index (Phi) is 5.08. The Morgan fingerprint density at radius 3 is 2.42 bits per heavy atom. The van der Waals surface area contributed by atoms with E-state index in [4.69, 9.17) is 5.73 Å². The SMILES string of the molecule is CNC(=O)C(C)S(=O)CC(C)N. The molecule has 0 radical (unpaired) electrons. The van der Waals surface area contributed by atoms with Crippen LogP contribution in [-0.4, -0.2) is 34.2 Å².